The van der Waals surface area contributed by atoms with Crippen LogP contribution in [0.4, 0.5) is 0 Å². The molecule has 1 N–H and O–H groups in total. The van der Waals surface area contributed by atoms with Gasteiger partial charge in [-0.15, -0.1) is 0 Å². The fourth-order valence-corrected chi connectivity index (χ4v) is 4.55. The van der Waals surface area contributed by atoms with Gasteiger partial charge in [0.1, 0.15) is 11.5 Å². The smallest absolute Gasteiger partial charge is 0.269 e. The molecule has 4 rings (SSSR count). The zero-order chi connectivity index (χ0) is 20.3. The van der Waals surface area contributed by atoms with Gasteiger partial charge in [0.2, 0.25) is 0 Å². The molecule has 29 heavy (non-hydrogen) atoms. The molecule has 7 nitrogen and oxygen atoms in total. The van der Waals surface area contributed by atoms with Crippen molar-refractivity contribution in [1.82, 2.24) is 20.4 Å². The van der Waals surface area contributed by atoms with E-state index in [1.54, 1.807) is 12.3 Å². The van der Waals surface area contributed by atoms with E-state index in [2.05, 4.69) is 20.4 Å². The lowest BCUT2D eigenvalue weighted by Gasteiger charge is -2.46. The summed E-state index contributed by atoms with van der Waals surface area (Å²) in [5.41, 5.74) is 2.62. The third kappa shape index (κ3) is 4.67. The van der Waals surface area contributed by atoms with Gasteiger partial charge in [-0.1, -0.05) is 11.2 Å². The highest BCUT2D eigenvalue weighted by molar-refractivity contribution is 5.92. The van der Waals surface area contributed by atoms with Crippen LogP contribution in [-0.4, -0.2) is 52.8 Å². The van der Waals surface area contributed by atoms with Crippen molar-refractivity contribution in [2.75, 3.05) is 26.2 Å². The van der Waals surface area contributed by atoms with Crippen molar-refractivity contribution in [2.45, 2.75) is 51.7 Å². The van der Waals surface area contributed by atoms with Gasteiger partial charge in [-0.25, -0.2) is 0 Å². The van der Waals surface area contributed by atoms with E-state index in [9.17, 15) is 4.79 Å². The van der Waals surface area contributed by atoms with E-state index in [4.69, 9.17) is 9.26 Å². The Balaban J connectivity index is 1.28. The number of likely N-dealkylation sites (tertiary alicyclic amines) is 1. The molecule has 1 unspecified atom stereocenters. The average Bonchev–Trinajstić information content (AvgIpc) is 3.06. The summed E-state index contributed by atoms with van der Waals surface area (Å²) >= 11 is 0. The average molecular weight is 399 g/mol. The largest absolute Gasteiger partial charge is 0.375 e. The number of rotatable bonds is 5. The maximum atomic E-state index is 12.3. The summed E-state index contributed by atoms with van der Waals surface area (Å²) in [7, 11) is 0. The molecule has 0 bridgehead atoms. The molecule has 2 fully saturated rings. The van der Waals surface area contributed by atoms with Crippen LogP contribution in [0, 0.1) is 19.8 Å². The molecule has 2 aliphatic rings. The van der Waals surface area contributed by atoms with E-state index in [1.165, 1.54) is 5.56 Å². The van der Waals surface area contributed by atoms with Gasteiger partial charge in [0.25, 0.3) is 5.91 Å². The third-order valence-corrected chi connectivity index (χ3v) is 6.37. The Morgan fingerprint density at radius 1 is 1.31 bits per heavy atom. The normalized spacial score (nSPS) is 21.9. The van der Waals surface area contributed by atoms with Gasteiger partial charge in [-0.2, -0.15) is 0 Å². The van der Waals surface area contributed by atoms with Crippen molar-refractivity contribution in [3.63, 3.8) is 0 Å². The lowest BCUT2D eigenvalue weighted by Crippen LogP contribution is -2.50. The number of amides is 1. The molecule has 2 aromatic heterocycles. The predicted molar refractivity (Wildman–Crippen MR) is 108 cm³/mol. The second-order valence-electron chi connectivity index (χ2n) is 8.39. The summed E-state index contributed by atoms with van der Waals surface area (Å²) in [6, 6.07) is 5.40. The Labute approximate surface area is 171 Å². The van der Waals surface area contributed by atoms with E-state index >= 15 is 0 Å². The van der Waals surface area contributed by atoms with E-state index < -0.39 is 0 Å². The lowest BCUT2D eigenvalue weighted by atomic mass is 9.79. The van der Waals surface area contributed by atoms with Crippen LogP contribution in [0.3, 0.4) is 0 Å². The number of piperidine rings is 1. The predicted octanol–water partition coefficient (Wildman–Crippen LogP) is 2.88. The van der Waals surface area contributed by atoms with Crippen LogP contribution in [-0.2, 0) is 11.3 Å². The van der Waals surface area contributed by atoms with E-state index in [0.29, 0.717) is 18.2 Å². The van der Waals surface area contributed by atoms with Crippen LogP contribution in [0.5, 0.6) is 0 Å². The van der Waals surface area contributed by atoms with Crippen molar-refractivity contribution in [2.24, 2.45) is 5.92 Å². The first-order valence-corrected chi connectivity index (χ1v) is 10.5. The van der Waals surface area contributed by atoms with E-state index in [-0.39, 0.29) is 11.5 Å². The summed E-state index contributed by atoms with van der Waals surface area (Å²) < 4.78 is 11.6. The second kappa shape index (κ2) is 8.63. The van der Waals surface area contributed by atoms with Gasteiger partial charge in [0.05, 0.1) is 11.3 Å². The molecule has 2 aliphatic heterocycles. The highest BCUT2D eigenvalue weighted by Crippen LogP contribution is 2.38. The van der Waals surface area contributed by atoms with Crippen LogP contribution >= 0.6 is 0 Å². The minimum atomic E-state index is -0.0968. The van der Waals surface area contributed by atoms with Crippen molar-refractivity contribution in [3.05, 3.63) is 47.1 Å². The van der Waals surface area contributed by atoms with Crippen molar-refractivity contribution < 1.29 is 14.1 Å². The Bertz CT molecular complexity index is 808. The monoisotopic (exact) mass is 398 g/mol. The van der Waals surface area contributed by atoms with Gasteiger partial charge in [-0.3, -0.25) is 14.7 Å². The van der Waals surface area contributed by atoms with Gasteiger partial charge in [0.15, 0.2) is 0 Å². The Kier molecular flexibility index (Phi) is 5.96. The molecule has 156 valence electrons. The fraction of sp³-hybridized carbons (Fsp3) is 0.591. The van der Waals surface area contributed by atoms with Crippen molar-refractivity contribution in [3.8, 4) is 0 Å². The Hall–Kier alpha value is -2.25. The molecule has 0 aliphatic carbocycles. The molecule has 2 saturated heterocycles. The van der Waals surface area contributed by atoms with Crippen molar-refractivity contribution >= 4 is 5.91 Å². The standard InChI is InChI=1S/C22H30N4O3/c1-16-19(17(2)29-25-16)15-26-10-7-22(8-11-26)13-18(6-12-28-22)14-24-21(27)20-5-3-4-9-23-20/h3-5,9,18H,6-8,10-15H2,1-2H3,(H,24,27). The topological polar surface area (TPSA) is 80.5 Å². The zero-order valence-electron chi connectivity index (χ0n) is 17.3. The SMILES string of the molecule is Cc1noc(C)c1CN1CCC2(CC1)CC(CNC(=O)c1ccccn1)CCO2. The van der Waals surface area contributed by atoms with E-state index in [1.807, 2.05) is 26.0 Å². The summed E-state index contributed by atoms with van der Waals surface area (Å²) in [6.45, 7) is 8.35. The number of hydrogen-bond donors (Lipinski definition) is 1. The molecule has 4 heterocycles. The second-order valence-corrected chi connectivity index (χ2v) is 8.39. The minimum Gasteiger partial charge on any atom is -0.375 e. The molecule has 0 radical (unpaired) electrons. The molecular formula is C22H30N4O3. The van der Waals surface area contributed by atoms with Crippen LogP contribution < -0.4 is 5.32 Å². The summed E-state index contributed by atoms with van der Waals surface area (Å²) in [5.74, 6) is 1.27. The number of aryl methyl sites for hydroxylation is 2. The number of aromatic nitrogens is 2. The van der Waals surface area contributed by atoms with Crippen LogP contribution in [0.25, 0.3) is 0 Å². The first-order valence-electron chi connectivity index (χ1n) is 10.5. The molecular weight excluding hydrogens is 368 g/mol. The number of hydrogen-bond acceptors (Lipinski definition) is 6. The molecule has 7 heteroatoms. The number of ether oxygens (including phenoxy) is 1. The number of nitrogens with zero attached hydrogens (tertiary/aromatic N) is 3. The first-order chi connectivity index (χ1) is 14.0. The zero-order valence-corrected chi connectivity index (χ0v) is 17.3. The van der Waals surface area contributed by atoms with E-state index in [0.717, 1.165) is 63.4 Å². The summed E-state index contributed by atoms with van der Waals surface area (Å²) in [4.78, 5) is 18.9. The number of carbonyl (C=O) groups excluding carboxylic acids is 1. The third-order valence-electron chi connectivity index (χ3n) is 6.37. The molecule has 1 spiro atoms. The highest BCUT2D eigenvalue weighted by Gasteiger charge is 2.40. The number of nitrogens with one attached hydrogen (secondary N) is 1. The Morgan fingerprint density at radius 2 is 2.14 bits per heavy atom. The molecule has 1 amide bonds. The quantitative estimate of drug-likeness (QED) is 0.834. The maximum Gasteiger partial charge on any atom is 0.269 e. The molecule has 0 saturated carbocycles. The van der Waals surface area contributed by atoms with Gasteiger partial charge in [-0.05, 0) is 57.6 Å². The molecule has 2 aromatic rings. The van der Waals surface area contributed by atoms with Crippen LogP contribution in [0.2, 0.25) is 0 Å². The summed E-state index contributed by atoms with van der Waals surface area (Å²) in [5, 5.41) is 7.12. The number of pyridine rings is 1. The van der Waals surface area contributed by atoms with Crippen LogP contribution in [0.15, 0.2) is 28.9 Å². The molecule has 1 atom stereocenters. The lowest BCUT2D eigenvalue weighted by molar-refractivity contribution is -0.127. The maximum absolute atomic E-state index is 12.3. The van der Waals surface area contributed by atoms with Crippen LogP contribution in [0.1, 0.15) is 53.2 Å². The first kappa shape index (κ1) is 20.0. The van der Waals surface area contributed by atoms with Gasteiger partial charge < -0.3 is 14.6 Å². The van der Waals surface area contributed by atoms with Crippen molar-refractivity contribution in [1.29, 1.82) is 0 Å². The van der Waals surface area contributed by atoms with Gasteiger partial charge in [0, 0.05) is 44.5 Å². The van der Waals surface area contributed by atoms with Gasteiger partial charge >= 0.3 is 0 Å². The highest BCUT2D eigenvalue weighted by atomic mass is 16.5. The molecule has 0 aromatic carbocycles. The fourth-order valence-electron chi connectivity index (χ4n) is 4.55. The minimum absolute atomic E-state index is 0.0477. The number of carbonyl (C=O) groups is 1. The summed E-state index contributed by atoms with van der Waals surface area (Å²) in [6.07, 6.45) is 5.71. The Morgan fingerprint density at radius 3 is 2.83 bits per heavy atom.